The van der Waals surface area contributed by atoms with E-state index in [-0.39, 0.29) is 11.8 Å². The van der Waals surface area contributed by atoms with Crippen molar-refractivity contribution >= 4 is 23.2 Å². The highest BCUT2D eigenvalue weighted by molar-refractivity contribution is 6.02. The summed E-state index contributed by atoms with van der Waals surface area (Å²) in [5, 5.41) is 2.84. The van der Waals surface area contributed by atoms with Crippen LogP contribution >= 0.6 is 0 Å². The van der Waals surface area contributed by atoms with Gasteiger partial charge in [-0.15, -0.1) is 0 Å². The van der Waals surface area contributed by atoms with E-state index < -0.39 is 0 Å². The number of benzene rings is 1. The van der Waals surface area contributed by atoms with Crippen LogP contribution in [0.1, 0.15) is 23.0 Å². The third-order valence-corrected chi connectivity index (χ3v) is 4.38. The van der Waals surface area contributed by atoms with Gasteiger partial charge in [-0.05, 0) is 31.2 Å². The van der Waals surface area contributed by atoms with Gasteiger partial charge < -0.3 is 15.1 Å². The lowest BCUT2D eigenvalue weighted by Gasteiger charge is -2.35. The Morgan fingerprint density at radius 1 is 1.00 bits per heavy atom. The number of hydrogen-bond acceptors (Lipinski definition) is 4. The molecule has 2 aromatic rings. The normalized spacial score (nSPS) is 14.3. The molecule has 25 heavy (non-hydrogen) atoms. The van der Waals surface area contributed by atoms with Crippen LogP contribution in [0.5, 0.6) is 0 Å². The number of carbonyl (C=O) groups excluding carboxylic acids is 2. The lowest BCUT2D eigenvalue weighted by molar-refractivity contribution is -0.129. The van der Waals surface area contributed by atoms with Gasteiger partial charge in [0.25, 0.3) is 5.91 Å². The second-order valence-electron chi connectivity index (χ2n) is 6.21. The molecule has 0 radical (unpaired) electrons. The molecule has 1 fully saturated rings. The van der Waals surface area contributed by atoms with Gasteiger partial charge in [0, 0.05) is 38.8 Å². The fourth-order valence-corrected chi connectivity index (χ4v) is 2.82. The molecule has 0 bridgehead atoms. The number of pyridine rings is 1. The molecule has 1 saturated heterocycles. The average molecular weight is 338 g/mol. The molecule has 2 heterocycles. The summed E-state index contributed by atoms with van der Waals surface area (Å²) in [6.45, 7) is 6.57. The van der Waals surface area contributed by atoms with Gasteiger partial charge in [0.05, 0.1) is 11.9 Å². The van der Waals surface area contributed by atoms with Crippen LogP contribution < -0.4 is 10.2 Å². The first-order chi connectivity index (χ1) is 12.0. The number of amides is 2. The highest BCUT2D eigenvalue weighted by Crippen LogP contribution is 2.16. The molecule has 130 valence electrons. The van der Waals surface area contributed by atoms with Crippen molar-refractivity contribution in [3.63, 3.8) is 0 Å². The van der Waals surface area contributed by atoms with Crippen LogP contribution in [0.3, 0.4) is 0 Å². The van der Waals surface area contributed by atoms with E-state index in [1.165, 1.54) is 0 Å². The van der Waals surface area contributed by atoms with E-state index in [1.54, 1.807) is 19.2 Å². The smallest absolute Gasteiger partial charge is 0.274 e. The quantitative estimate of drug-likeness (QED) is 0.933. The Labute approximate surface area is 147 Å². The topological polar surface area (TPSA) is 65.5 Å². The van der Waals surface area contributed by atoms with Crippen molar-refractivity contribution in [1.29, 1.82) is 0 Å². The number of hydrogen-bond donors (Lipinski definition) is 1. The van der Waals surface area contributed by atoms with E-state index >= 15 is 0 Å². The summed E-state index contributed by atoms with van der Waals surface area (Å²) in [4.78, 5) is 32.0. The SMILES string of the molecule is CC(=O)N1CCN(c2ccc(C(=O)Nc3ccc(C)cc3)nc2)CC1. The number of anilines is 2. The largest absolute Gasteiger partial charge is 0.367 e. The number of aromatic nitrogens is 1. The van der Waals surface area contributed by atoms with Crippen molar-refractivity contribution in [2.75, 3.05) is 36.4 Å². The van der Waals surface area contributed by atoms with Crippen LogP contribution in [0.25, 0.3) is 0 Å². The first kappa shape index (κ1) is 17.0. The summed E-state index contributed by atoms with van der Waals surface area (Å²) in [7, 11) is 0. The second kappa shape index (κ2) is 7.34. The Morgan fingerprint density at radius 3 is 2.24 bits per heavy atom. The Hall–Kier alpha value is -2.89. The highest BCUT2D eigenvalue weighted by Gasteiger charge is 2.19. The monoisotopic (exact) mass is 338 g/mol. The van der Waals surface area contributed by atoms with Crippen molar-refractivity contribution in [2.45, 2.75) is 13.8 Å². The molecule has 0 spiro atoms. The Morgan fingerprint density at radius 2 is 1.68 bits per heavy atom. The zero-order chi connectivity index (χ0) is 17.8. The molecule has 0 atom stereocenters. The maximum atomic E-state index is 12.3. The van der Waals surface area contributed by atoms with E-state index in [4.69, 9.17) is 0 Å². The molecular weight excluding hydrogens is 316 g/mol. The molecule has 1 N–H and O–H groups in total. The number of aryl methyl sites for hydroxylation is 1. The van der Waals surface area contributed by atoms with Gasteiger partial charge >= 0.3 is 0 Å². The van der Waals surface area contributed by atoms with Crippen LogP contribution in [0.4, 0.5) is 11.4 Å². The van der Waals surface area contributed by atoms with Crippen molar-refractivity contribution in [3.05, 3.63) is 53.9 Å². The lowest BCUT2D eigenvalue weighted by Crippen LogP contribution is -2.48. The van der Waals surface area contributed by atoms with Gasteiger partial charge in [0.1, 0.15) is 5.69 Å². The maximum Gasteiger partial charge on any atom is 0.274 e. The summed E-state index contributed by atoms with van der Waals surface area (Å²) in [5.74, 6) is -0.113. The third-order valence-electron chi connectivity index (χ3n) is 4.38. The van der Waals surface area contributed by atoms with E-state index in [0.717, 1.165) is 30.0 Å². The Bertz CT molecular complexity index is 748. The molecule has 1 aliphatic heterocycles. The fourth-order valence-electron chi connectivity index (χ4n) is 2.82. The number of nitrogens with zero attached hydrogens (tertiary/aromatic N) is 3. The number of rotatable bonds is 3. The highest BCUT2D eigenvalue weighted by atomic mass is 16.2. The van der Waals surface area contributed by atoms with Gasteiger partial charge in [0.15, 0.2) is 0 Å². The molecule has 0 aliphatic carbocycles. The van der Waals surface area contributed by atoms with Gasteiger partial charge in [-0.25, -0.2) is 4.98 Å². The average Bonchev–Trinajstić information content (AvgIpc) is 2.64. The molecule has 0 saturated carbocycles. The van der Waals surface area contributed by atoms with Crippen molar-refractivity contribution in [3.8, 4) is 0 Å². The second-order valence-corrected chi connectivity index (χ2v) is 6.21. The summed E-state index contributed by atoms with van der Waals surface area (Å²) >= 11 is 0. The minimum Gasteiger partial charge on any atom is -0.367 e. The fraction of sp³-hybridized carbons (Fsp3) is 0.316. The first-order valence-corrected chi connectivity index (χ1v) is 8.37. The molecule has 2 amide bonds. The third kappa shape index (κ3) is 4.15. The number of piperazine rings is 1. The molecule has 1 aliphatic rings. The number of nitrogens with one attached hydrogen (secondary N) is 1. The minimum atomic E-state index is -0.225. The van der Waals surface area contributed by atoms with Crippen molar-refractivity contribution in [1.82, 2.24) is 9.88 Å². The lowest BCUT2D eigenvalue weighted by atomic mass is 10.2. The summed E-state index contributed by atoms with van der Waals surface area (Å²) in [5.41, 5.74) is 3.24. The first-order valence-electron chi connectivity index (χ1n) is 8.37. The van der Waals surface area contributed by atoms with Crippen LogP contribution in [0.15, 0.2) is 42.6 Å². The summed E-state index contributed by atoms with van der Waals surface area (Å²) < 4.78 is 0. The number of carbonyl (C=O) groups is 2. The minimum absolute atomic E-state index is 0.112. The zero-order valence-corrected chi connectivity index (χ0v) is 14.5. The van der Waals surface area contributed by atoms with Crippen molar-refractivity contribution < 1.29 is 9.59 Å². The molecule has 3 rings (SSSR count). The van der Waals surface area contributed by atoms with Crippen LogP contribution in [-0.2, 0) is 4.79 Å². The van der Waals surface area contributed by atoms with Crippen LogP contribution in [0.2, 0.25) is 0 Å². The van der Waals surface area contributed by atoms with Crippen molar-refractivity contribution in [2.24, 2.45) is 0 Å². The molecular formula is C19H22N4O2. The Kier molecular flexibility index (Phi) is 4.97. The summed E-state index contributed by atoms with van der Waals surface area (Å²) in [6, 6.07) is 11.3. The van der Waals surface area contributed by atoms with Gasteiger partial charge in [-0.2, -0.15) is 0 Å². The van der Waals surface area contributed by atoms with E-state index in [2.05, 4.69) is 15.2 Å². The van der Waals surface area contributed by atoms with Gasteiger partial charge in [-0.1, -0.05) is 17.7 Å². The molecule has 1 aromatic heterocycles. The van der Waals surface area contributed by atoms with Crippen LogP contribution in [0, 0.1) is 6.92 Å². The van der Waals surface area contributed by atoms with Gasteiger partial charge in [-0.3, -0.25) is 9.59 Å². The predicted molar refractivity (Wildman–Crippen MR) is 97.8 cm³/mol. The molecule has 0 unspecified atom stereocenters. The zero-order valence-electron chi connectivity index (χ0n) is 14.5. The predicted octanol–water partition coefficient (Wildman–Crippen LogP) is 2.31. The molecule has 6 heteroatoms. The van der Waals surface area contributed by atoms with Crippen LogP contribution in [-0.4, -0.2) is 47.9 Å². The molecule has 1 aromatic carbocycles. The standard InChI is InChI=1S/C19H22N4O2/c1-14-3-5-16(6-4-14)21-19(25)18-8-7-17(13-20-18)23-11-9-22(10-12-23)15(2)24/h3-8,13H,9-12H2,1-2H3,(H,21,25). The van der Waals surface area contributed by atoms with E-state index in [0.29, 0.717) is 18.8 Å². The summed E-state index contributed by atoms with van der Waals surface area (Å²) in [6.07, 6.45) is 1.72. The maximum absolute atomic E-state index is 12.3. The van der Waals surface area contributed by atoms with Gasteiger partial charge in [0.2, 0.25) is 5.91 Å². The van der Waals surface area contributed by atoms with E-state index in [9.17, 15) is 9.59 Å². The molecule has 6 nitrogen and oxygen atoms in total. The Balaban J connectivity index is 1.61. The van der Waals surface area contributed by atoms with E-state index in [1.807, 2.05) is 42.2 Å².